The van der Waals surface area contributed by atoms with E-state index in [9.17, 15) is 50.4 Å². The standard InChI is InChI=1S/C43H48N4O15/c44-32-12-11-25(47-32)27(50)19-58-24-9-7-21(8-10-24)28-16-26(49)33-29(59-28)17-30(36(34(33)51)61-40(56)22-5-4-6-23(48)15-22)60-41-35(52)37(53)43(57,38(62-41)39(54)55)42(13-2-1-3-14-42)31-18-45-20-46-31/h4-12,15-17,27,31,35,37-38,40-41,45-48,50-53,56-57H,1-3,13-14,18-20,44H2,(H,54,55). The van der Waals surface area contributed by atoms with Crippen molar-refractivity contribution >= 4 is 22.8 Å². The van der Waals surface area contributed by atoms with Crippen LogP contribution in [0.15, 0.2) is 82.0 Å². The Morgan fingerprint density at radius 3 is 2.40 bits per heavy atom. The molecule has 2 aromatic heterocycles. The molecule has 0 bridgehead atoms. The van der Waals surface area contributed by atoms with Gasteiger partial charge in [-0.2, -0.15) is 0 Å². The maximum atomic E-state index is 13.7. The Hall–Kier alpha value is -5.90. The number of hydrogen-bond donors (Lipinski definition) is 12. The summed E-state index contributed by atoms with van der Waals surface area (Å²) in [7, 11) is 0. The summed E-state index contributed by atoms with van der Waals surface area (Å²) in [6, 6.07) is 16.6. The minimum absolute atomic E-state index is 0.0157. The zero-order valence-electron chi connectivity index (χ0n) is 33.1. The lowest BCUT2D eigenvalue weighted by atomic mass is 9.54. The second-order valence-corrected chi connectivity index (χ2v) is 15.9. The number of aromatic nitrogens is 1. The number of nitrogens with two attached hydrogens (primary N) is 1. The van der Waals surface area contributed by atoms with Crippen LogP contribution in [0.2, 0.25) is 0 Å². The van der Waals surface area contributed by atoms with E-state index in [1.54, 1.807) is 36.4 Å². The molecule has 3 aliphatic rings. The monoisotopic (exact) mass is 860 g/mol. The molecule has 0 spiro atoms. The quantitative estimate of drug-likeness (QED) is 0.0754. The number of nitrogen functional groups attached to an aromatic ring is 1. The number of rotatable bonds is 13. The Kier molecular flexibility index (Phi) is 11.8. The summed E-state index contributed by atoms with van der Waals surface area (Å²) in [6.45, 7) is 0.633. The molecule has 0 radical (unpaired) electrons. The highest BCUT2D eigenvalue weighted by atomic mass is 16.7. The average molecular weight is 861 g/mol. The van der Waals surface area contributed by atoms with Crippen molar-refractivity contribution in [2.45, 2.75) is 80.7 Å². The molecular formula is C43H48N4O15. The molecule has 4 heterocycles. The number of aliphatic hydroxyl groups excluding tert-OH is 4. The van der Waals surface area contributed by atoms with Crippen LogP contribution in [0.5, 0.6) is 28.7 Å². The molecule has 19 nitrogen and oxygen atoms in total. The van der Waals surface area contributed by atoms with Gasteiger partial charge in [0, 0.05) is 53.6 Å². The fourth-order valence-electron chi connectivity index (χ4n) is 9.06. The van der Waals surface area contributed by atoms with Gasteiger partial charge < -0.3 is 80.3 Å². The predicted octanol–water partition coefficient (Wildman–Crippen LogP) is 2.07. The first-order chi connectivity index (χ1) is 29.7. The summed E-state index contributed by atoms with van der Waals surface area (Å²) >= 11 is 0. The van der Waals surface area contributed by atoms with Crippen molar-refractivity contribution in [2.75, 3.05) is 25.6 Å². The van der Waals surface area contributed by atoms with Gasteiger partial charge in [-0.15, -0.1) is 0 Å². The van der Waals surface area contributed by atoms with Gasteiger partial charge in [0.2, 0.25) is 18.3 Å². The minimum atomic E-state index is -2.53. The number of aromatic amines is 1. The molecule has 19 heteroatoms. The van der Waals surface area contributed by atoms with Gasteiger partial charge in [0.25, 0.3) is 0 Å². The van der Waals surface area contributed by atoms with Gasteiger partial charge in [0.15, 0.2) is 23.0 Å². The van der Waals surface area contributed by atoms with Gasteiger partial charge in [-0.1, -0.05) is 31.4 Å². The number of carboxylic acids is 1. The van der Waals surface area contributed by atoms with Crippen molar-refractivity contribution in [3.8, 4) is 40.1 Å². The van der Waals surface area contributed by atoms with Crippen LogP contribution in [0.25, 0.3) is 22.3 Å². The number of phenols is 2. The maximum absolute atomic E-state index is 13.7. The number of anilines is 1. The lowest BCUT2D eigenvalue weighted by Crippen LogP contribution is -2.77. The molecule has 5 aromatic rings. The largest absolute Gasteiger partial charge is 0.508 e. The zero-order valence-corrected chi connectivity index (χ0v) is 33.1. The van der Waals surface area contributed by atoms with E-state index in [-0.39, 0.29) is 29.3 Å². The number of fused-ring (bicyclic) bond motifs is 1. The van der Waals surface area contributed by atoms with E-state index in [0.717, 1.165) is 18.6 Å². The molecule has 2 aliphatic heterocycles. The molecule has 8 unspecified atom stereocenters. The van der Waals surface area contributed by atoms with E-state index in [4.69, 9.17) is 29.1 Å². The van der Waals surface area contributed by atoms with Crippen molar-refractivity contribution < 1.29 is 69.0 Å². The average Bonchev–Trinajstić information content (AvgIpc) is 3.97. The van der Waals surface area contributed by atoms with Crippen molar-refractivity contribution in [3.63, 3.8) is 0 Å². The van der Waals surface area contributed by atoms with Gasteiger partial charge in [-0.3, -0.25) is 10.1 Å². The lowest BCUT2D eigenvalue weighted by molar-refractivity contribution is -0.338. The molecule has 0 amide bonds. The van der Waals surface area contributed by atoms with Gasteiger partial charge in [-0.05, 0) is 61.4 Å². The Morgan fingerprint density at radius 1 is 0.984 bits per heavy atom. The molecule has 8 rings (SSSR count). The van der Waals surface area contributed by atoms with E-state index in [1.165, 1.54) is 24.3 Å². The maximum Gasteiger partial charge on any atom is 0.336 e. The van der Waals surface area contributed by atoms with Gasteiger partial charge >= 0.3 is 5.97 Å². The summed E-state index contributed by atoms with van der Waals surface area (Å²) in [5.74, 6) is -3.20. The van der Waals surface area contributed by atoms with Crippen LogP contribution in [0.3, 0.4) is 0 Å². The first-order valence-electron chi connectivity index (χ1n) is 20.1. The molecule has 13 N–H and O–H groups in total. The number of carbonyl (C=O) groups is 1. The van der Waals surface area contributed by atoms with Crippen LogP contribution in [0, 0.1) is 5.41 Å². The minimum Gasteiger partial charge on any atom is -0.508 e. The highest BCUT2D eigenvalue weighted by Gasteiger charge is 2.69. The third-order valence-electron chi connectivity index (χ3n) is 12.2. The molecule has 62 heavy (non-hydrogen) atoms. The topological polar surface area (TPSA) is 312 Å². The highest BCUT2D eigenvalue weighted by Crippen LogP contribution is 2.54. The van der Waals surface area contributed by atoms with E-state index in [0.29, 0.717) is 61.7 Å². The normalized spacial score (nSPS) is 25.9. The summed E-state index contributed by atoms with van der Waals surface area (Å²) < 4.78 is 29.5. The smallest absolute Gasteiger partial charge is 0.336 e. The third kappa shape index (κ3) is 7.77. The van der Waals surface area contributed by atoms with Crippen LogP contribution >= 0.6 is 0 Å². The summed E-state index contributed by atoms with van der Waals surface area (Å²) in [5.41, 5.74) is 1.73. The van der Waals surface area contributed by atoms with Crippen LogP contribution in [-0.2, 0) is 9.53 Å². The second kappa shape index (κ2) is 17.1. The summed E-state index contributed by atoms with van der Waals surface area (Å²) in [4.78, 5) is 29.6. The summed E-state index contributed by atoms with van der Waals surface area (Å²) in [5, 5.41) is 96.0. The fourth-order valence-corrected chi connectivity index (χ4v) is 9.06. The zero-order chi connectivity index (χ0) is 43.9. The molecule has 330 valence electrons. The van der Waals surface area contributed by atoms with Crippen molar-refractivity contribution in [1.29, 1.82) is 0 Å². The Morgan fingerprint density at radius 2 is 1.74 bits per heavy atom. The third-order valence-corrected chi connectivity index (χ3v) is 12.2. The molecule has 1 saturated carbocycles. The lowest BCUT2D eigenvalue weighted by Gasteiger charge is -2.59. The Balaban J connectivity index is 1.14. The van der Waals surface area contributed by atoms with Crippen LogP contribution in [0.4, 0.5) is 5.82 Å². The van der Waals surface area contributed by atoms with Crippen LogP contribution < -0.4 is 36.0 Å². The number of ether oxygens (including phenoxy) is 4. The predicted molar refractivity (Wildman–Crippen MR) is 218 cm³/mol. The first-order valence-corrected chi connectivity index (χ1v) is 20.1. The number of carboxylic acid groups (broad SMARTS) is 1. The highest BCUT2D eigenvalue weighted by molar-refractivity contribution is 5.89. The Labute approximate surface area is 352 Å². The molecule has 2 saturated heterocycles. The number of phenolic OH excluding ortho intramolecular Hbond substituents is 2. The van der Waals surface area contributed by atoms with Gasteiger partial charge in [0.05, 0.1) is 0 Å². The van der Waals surface area contributed by atoms with E-state index in [1.807, 2.05) is 0 Å². The summed E-state index contributed by atoms with van der Waals surface area (Å²) in [6.07, 6.45) is -8.64. The van der Waals surface area contributed by atoms with E-state index in [2.05, 4.69) is 15.6 Å². The number of aliphatic carboxylic acids is 1. The number of benzene rings is 3. The van der Waals surface area contributed by atoms with Crippen molar-refractivity contribution in [1.82, 2.24) is 15.6 Å². The number of aromatic hydroxyl groups is 2. The first kappa shape index (κ1) is 42.8. The van der Waals surface area contributed by atoms with Crippen LogP contribution in [-0.4, -0.2) is 108 Å². The second-order valence-electron chi connectivity index (χ2n) is 15.9. The number of nitrogens with one attached hydrogen (secondary N) is 3. The van der Waals surface area contributed by atoms with Crippen LogP contribution in [0.1, 0.15) is 55.8 Å². The van der Waals surface area contributed by atoms with Gasteiger partial charge in [-0.25, -0.2) is 4.79 Å². The number of hydrogen-bond acceptors (Lipinski definition) is 17. The fraction of sp³-hybridized carbons (Fsp3) is 0.395. The molecular weight excluding hydrogens is 812 g/mol. The Bertz CT molecular complexity index is 2460. The number of H-pyrrole nitrogens is 1. The molecule has 1 aliphatic carbocycles. The number of aliphatic hydroxyl groups is 5. The SMILES string of the molecule is Nc1ccc(C(O)COc2ccc(-c3cc(=O)c4c(O)c(OC(O)c5cccc(O)c5)c(OC5OC(C(=O)O)C(O)(C6(C7CNCN7)CCCCC6)C(O)C5O)cc4o3)cc2)[nH]1. The van der Waals surface area contributed by atoms with E-state index < -0.39 is 88.1 Å². The molecule has 3 fully saturated rings. The molecule has 3 aromatic carbocycles. The van der Waals surface area contributed by atoms with Gasteiger partial charge in [0.1, 0.15) is 64.6 Å². The van der Waals surface area contributed by atoms with E-state index >= 15 is 0 Å². The van der Waals surface area contributed by atoms with Crippen molar-refractivity contribution in [2.24, 2.45) is 5.41 Å². The molecule has 8 atom stereocenters. The van der Waals surface area contributed by atoms with Crippen molar-refractivity contribution in [3.05, 3.63) is 94.3 Å².